The molecule has 0 radical (unpaired) electrons. The van der Waals surface area contributed by atoms with Crippen molar-refractivity contribution in [3.8, 4) is 29.4 Å². The first-order valence-corrected chi connectivity index (χ1v) is 25.9. The van der Waals surface area contributed by atoms with Crippen molar-refractivity contribution in [3.05, 3.63) is 89.5 Å². The lowest BCUT2D eigenvalue weighted by Crippen LogP contribution is -2.15. The average Bonchev–Trinajstić information content (AvgIpc) is 3.35. The summed E-state index contributed by atoms with van der Waals surface area (Å²) in [5, 5.41) is 34.8. The summed E-state index contributed by atoms with van der Waals surface area (Å²) in [5.74, 6) is 4.72. The van der Waals surface area contributed by atoms with Gasteiger partial charge in [-0.1, -0.05) is 124 Å². The molecule has 0 aromatic heterocycles. The molecule has 3 aromatic rings. The highest BCUT2D eigenvalue weighted by Crippen LogP contribution is 2.30. The van der Waals surface area contributed by atoms with Gasteiger partial charge in [0.15, 0.2) is 0 Å². The van der Waals surface area contributed by atoms with Gasteiger partial charge in [0.25, 0.3) is 0 Å². The van der Waals surface area contributed by atoms with E-state index in [0.29, 0.717) is 24.8 Å². The zero-order chi connectivity index (χ0) is 46.6. The molecule has 4 N–H and O–H groups in total. The number of aliphatic hydroxyl groups excluding tert-OH is 2. The number of rotatable bonds is 18. The molecule has 0 aliphatic heterocycles. The summed E-state index contributed by atoms with van der Waals surface area (Å²) < 4.78 is 28.6. The van der Waals surface area contributed by atoms with Gasteiger partial charge in [-0.05, 0) is 134 Å². The van der Waals surface area contributed by atoms with Crippen molar-refractivity contribution in [2.24, 2.45) is 23.5 Å². The van der Waals surface area contributed by atoms with Crippen molar-refractivity contribution in [1.29, 1.82) is 10.5 Å². The number of benzene rings is 3. The van der Waals surface area contributed by atoms with E-state index in [1.165, 1.54) is 96.3 Å². The number of ether oxygens (including phenoxy) is 5. The maximum Gasteiger partial charge on any atom is 0.119 e. The number of hydrogen-bond donors (Lipinski definition) is 3. The fraction of sp³-hybridized carbons (Fsp3) is 0.630. The lowest BCUT2D eigenvalue weighted by atomic mass is 9.90. The van der Waals surface area contributed by atoms with Crippen LogP contribution in [0.1, 0.15) is 165 Å². The smallest absolute Gasteiger partial charge is 0.119 e. The summed E-state index contributed by atoms with van der Waals surface area (Å²) in [6.45, 7) is 4.97. The van der Waals surface area contributed by atoms with Crippen LogP contribution in [0.4, 0.5) is 0 Å². The van der Waals surface area contributed by atoms with E-state index >= 15 is 0 Å². The predicted molar refractivity (Wildman–Crippen MR) is 274 cm³/mol. The van der Waals surface area contributed by atoms with Gasteiger partial charge < -0.3 is 39.6 Å². The van der Waals surface area contributed by atoms with Crippen molar-refractivity contribution < 1.29 is 33.9 Å². The van der Waals surface area contributed by atoms with E-state index < -0.39 is 6.10 Å². The van der Waals surface area contributed by atoms with E-state index in [1.54, 1.807) is 21.1 Å². The van der Waals surface area contributed by atoms with Crippen LogP contribution in [0.2, 0.25) is 0 Å². The number of aliphatic hydroxyl groups is 2. The Labute approximate surface area is 407 Å². The molecule has 6 rings (SSSR count). The minimum atomic E-state index is -0.719. The van der Waals surface area contributed by atoms with Gasteiger partial charge >= 0.3 is 0 Å². The number of nitriles is 2. The van der Waals surface area contributed by atoms with Crippen molar-refractivity contribution in [1.82, 2.24) is 0 Å². The van der Waals surface area contributed by atoms with Crippen LogP contribution in [0.3, 0.4) is 0 Å². The zero-order valence-corrected chi connectivity index (χ0v) is 41.6. The van der Waals surface area contributed by atoms with Crippen LogP contribution in [0.15, 0.2) is 72.8 Å². The standard InChI is InChI=1S/C17H27NO2.C17H23NO2.C16H21NO2.C2H6O.CH3I.CH4/c2*1-19-17(10-11-18)15-8-5-9-16(12-15)20-13-14-6-3-2-4-7-14;17-10-9-16(18)14-7-4-8-15(11-14)19-12-13-5-2-1-3-6-13;1-2-3;1-2;/h5,8-9,12,14,17H,2-4,6-7,10-11,13,18H2,1H3;5,8-9,12,14,17H,2-4,6-7,10,13H2,1H3;4,7-8,11,13,16,18H,1-3,5-6,9,12H2;3H,2H2,1H3;1H3;1H4. The van der Waals surface area contributed by atoms with Crippen LogP contribution >= 0.6 is 22.6 Å². The molecule has 3 atom stereocenters. The van der Waals surface area contributed by atoms with E-state index in [9.17, 15) is 5.11 Å². The van der Waals surface area contributed by atoms with Crippen molar-refractivity contribution in [2.45, 2.75) is 148 Å². The highest BCUT2D eigenvalue weighted by molar-refractivity contribution is 14.1. The SMILES string of the molecule is C.CCO.CI.COC(CC#N)c1cccc(OCC2CCCCC2)c1.COC(CCN)c1cccc(OCC2CCCCC2)c1.N#CCC(O)c1cccc(OCC2CCCCC2)c1. The topological polar surface area (TPSA) is 160 Å². The van der Waals surface area contributed by atoms with Crippen LogP contribution in [0.25, 0.3) is 0 Å². The first kappa shape index (κ1) is 59.6. The maximum atomic E-state index is 9.78. The number of nitrogens with two attached hydrogens (primary N) is 1. The highest BCUT2D eigenvalue weighted by atomic mass is 127. The summed E-state index contributed by atoms with van der Waals surface area (Å²) >= 11 is 2.15. The van der Waals surface area contributed by atoms with Gasteiger partial charge in [0.05, 0.1) is 63.1 Å². The average molecular weight is 1010 g/mol. The van der Waals surface area contributed by atoms with Gasteiger partial charge in [-0.15, -0.1) is 0 Å². The summed E-state index contributed by atoms with van der Waals surface area (Å²) in [6.07, 6.45) is 20.3. The van der Waals surface area contributed by atoms with Gasteiger partial charge in [-0.25, -0.2) is 0 Å². The Kier molecular flexibility index (Phi) is 35.4. The normalized spacial score (nSPS) is 16.4. The quantitative estimate of drug-likeness (QED) is 0.0826. The molecular formula is C54H84IN3O7. The first-order chi connectivity index (χ1) is 31.4. The van der Waals surface area contributed by atoms with Gasteiger partial charge in [0.2, 0.25) is 0 Å². The number of halogens is 1. The molecule has 0 spiro atoms. The minimum Gasteiger partial charge on any atom is -0.493 e. The second-order valence-electron chi connectivity index (χ2n) is 16.7. The van der Waals surface area contributed by atoms with E-state index in [-0.39, 0.29) is 32.7 Å². The first-order valence-electron chi connectivity index (χ1n) is 23.7. The molecule has 65 heavy (non-hydrogen) atoms. The molecule has 10 nitrogen and oxygen atoms in total. The predicted octanol–water partition coefficient (Wildman–Crippen LogP) is 13.2. The third-order valence-electron chi connectivity index (χ3n) is 11.9. The van der Waals surface area contributed by atoms with E-state index in [1.807, 2.05) is 71.7 Å². The van der Waals surface area contributed by atoms with Crippen LogP contribution in [0.5, 0.6) is 17.2 Å². The second kappa shape index (κ2) is 38.7. The summed E-state index contributed by atoms with van der Waals surface area (Å²) in [6, 6.07) is 27.7. The van der Waals surface area contributed by atoms with Crippen LogP contribution in [-0.2, 0) is 9.47 Å². The monoisotopic (exact) mass is 1010 g/mol. The number of nitrogens with zero attached hydrogens (tertiary/aromatic N) is 2. The molecule has 3 unspecified atom stereocenters. The number of hydrogen-bond acceptors (Lipinski definition) is 10. The number of methoxy groups -OCH3 is 2. The van der Waals surface area contributed by atoms with Gasteiger partial charge in [-0.3, -0.25) is 0 Å². The van der Waals surface area contributed by atoms with Crippen molar-refractivity contribution in [2.75, 3.05) is 52.1 Å². The third kappa shape index (κ3) is 25.3. The Bertz CT molecular complexity index is 1680. The third-order valence-corrected chi connectivity index (χ3v) is 11.9. The Morgan fingerprint density at radius 1 is 0.600 bits per heavy atom. The zero-order valence-electron chi connectivity index (χ0n) is 39.4. The van der Waals surface area contributed by atoms with Gasteiger partial charge in [0, 0.05) is 20.8 Å². The minimum absolute atomic E-state index is 0. The highest BCUT2D eigenvalue weighted by Gasteiger charge is 2.18. The molecule has 3 aliphatic rings. The molecule has 364 valence electrons. The summed E-state index contributed by atoms with van der Waals surface area (Å²) in [4.78, 5) is 1.97. The molecule has 0 bridgehead atoms. The van der Waals surface area contributed by atoms with Crippen molar-refractivity contribution >= 4 is 22.6 Å². The Morgan fingerprint density at radius 3 is 1.28 bits per heavy atom. The van der Waals surface area contributed by atoms with Crippen LogP contribution in [-0.4, -0.2) is 62.3 Å². The largest absolute Gasteiger partial charge is 0.493 e. The van der Waals surface area contributed by atoms with Crippen LogP contribution < -0.4 is 19.9 Å². The molecule has 0 saturated heterocycles. The Hall–Kier alpha value is -3.43. The number of alkyl halides is 1. The van der Waals surface area contributed by atoms with E-state index in [0.717, 1.165) is 66.1 Å². The lowest BCUT2D eigenvalue weighted by Gasteiger charge is -2.22. The van der Waals surface area contributed by atoms with E-state index in [2.05, 4.69) is 40.8 Å². The Morgan fingerprint density at radius 2 is 0.938 bits per heavy atom. The van der Waals surface area contributed by atoms with E-state index in [4.69, 9.17) is 45.0 Å². The molecule has 3 saturated carbocycles. The summed E-state index contributed by atoms with van der Waals surface area (Å²) in [7, 11) is 3.37. The maximum absolute atomic E-state index is 9.78. The second-order valence-corrected chi connectivity index (χ2v) is 16.7. The lowest BCUT2D eigenvalue weighted by molar-refractivity contribution is 0.0974. The molecule has 11 heteroatoms. The fourth-order valence-electron chi connectivity index (χ4n) is 8.32. The molecule has 0 amide bonds. The molecule has 0 heterocycles. The summed E-state index contributed by atoms with van der Waals surface area (Å²) in [5.41, 5.74) is 8.54. The molecule has 3 aromatic carbocycles. The Balaban J connectivity index is 0.000000460. The molecule has 3 aliphatic carbocycles. The van der Waals surface area contributed by atoms with Gasteiger partial charge in [-0.2, -0.15) is 10.5 Å². The van der Waals surface area contributed by atoms with Gasteiger partial charge in [0.1, 0.15) is 17.2 Å². The molecular weight excluding hydrogens is 930 g/mol. The van der Waals surface area contributed by atoms with Crippen molar-refractivity contribution in [3.63, 3.8) is 0 Å². The molecule has 3 fully saturated rings. The fourth-order valence-corrected chi connectivity index (χ4v) is 8.32. The van der Waals surface area contributed by atoms with Crippen LogP contribution in [0, 0.1) is 40.4 Å².